The molecule has 8 N–H and O–H groups in total. The number of nitrogens with one attached hydrogen (secondary N) is 6. The van der Waals surface area contributed by atoms with Gasteiger partial charge in [0.1, 0.15) is 35.9 Å². The summed E-state index contributed by atoms with van der Waals surface area (Å²) in [6, 6.07) is 9.74. The van der Waals surface area contributed by atoms with Gasteiger partial charge in [0, 0.05) is 32.9 Å². The zero-order chi connectivity index (χ0) is 52.4. The van der Waals surface area contributed by atoms with E-state index in [0.29, 0.717) is 12.0 Å². The maximum atomic E-state index is 14.5. The molecule has 0 aromatic heterocycles. The average Bonchev–Trinajstić information content (AvgIpc) is 3.32. The molecule has 1 heterocycles. The first-order valence-corrected chi connectivity index (χ1v) is 23.2. The van der Waals surface area contributed by atoms with E-state index >= 15 is 0 Å². The van der Waals surface area contributed by atoms with Crippen molar-refractivity contribution in [3.8, 4) is 0 Å². The molecule has 3 rings (SSSR count). The van der Waals surface area contributed by atoms with Gasteiger partial charge in [-0.05, 0) is 43.7 Å². The quantitative estimate of drug-likeness (QED) is 0.113. The van der Waals surface area contributed by atoms with Crippen molar-refractivity contribution in [1.29, 1.82) is 0 Å². The largest absolute Gasteiger partial charge is 0.480 e. The Morgan fingerprint density at radius 3 is 1.90 bits per heavy atom. The van der Waals surface area contributed by atoms with Crippen molar-refractivity contribution in [2.75, 3.05) is 14.2 Å². The number of likely N-dealkylation sites (N-methyl/N-ethyl adjacent to an activating group) is 1. The lowest BCUT2D eigenvalue weighted by Gasteiger charge is -2.29. The van der Waals surface area contributed by atoms with Crippen LogP contribution in [0, 0.1) is 23.7 Å². The molecule has 1 saturated heterocycles. The molecule has 1 aliphatic rings. The molecule has 0 radical (unpaired) electrons. The van der Waals surface area contributed by atoms with Gasteiger partial charge in [0.2, 0.25) is 35.4 Å². The molecule has 0 aliphatic carbocycles. The van der Waals surface area contributed by atoms with Crippen molar-refractivity contribution < 1.29 is 58.1 Å². The van der Waals surface area contributed by atoms with Crippen LogP contribution in [0.1, 0.15) is 72.4 Å². The molecule has 19 nitrogen and oxygen atoms in total. The van der Waals surface area contributed by atoms with Crippen LogP contribution in [-0.4, -0.2) is 125 Å². The second kappa shape index (κ2) is 27.1. The van der Waals surface area contributed by atoms with Crippen LogP contribution in [-0.2, 0) is 60.7 Å². The van der Waals surface area contributed by atoms with Crippen LogP contribution < -0.4 is 31.9 Å². The van der Waals surface area contributed by atoms with Gasteiger partial charge in [-0.2, -0.15) is 0 Å². The summed E-state index contributed by atoms with van der Waals surface area (Å²) in [5, 5.41) is 35.6. The fourth-order valence-electron chi connectivity index (χ4n) is 7.55. The third kappa shape index (κ3) is 17.1. The number of carbonyl (C=O) groups is 9. The molecule has 0 unspecified atom stereocenters. The third-order valence-corrected chi connectivity index (χ3v) is 12.2. The van der Waals surface area contributed by atoms with Crippen LogP contribution in [0.5, 0.6) is 0 Å². The third-order valence-electron chi connectivity index (χ3n) is 12.2. The number of allylic oxidation sites excluding steroid dienone is 2. The van der Waals surface area contributed by atoms with Crippen molar-refractivity contribution >= 4 is 53.3 Å². The van der Waals surface area contributed by atoms with Gasteiger partial charge in [-0.15, -0.1) is 0 Å². The molecule has 1 fully saturated rings. The van der Waals surface area contributed by atoms with E-state index in [1.165, 1.54) is 27.8 Å². The number of carboxylic acid groups (broad SMARTS) is 2. The van der Waals surface area contributed by atoms with E-state index in [2.05, 4.69) is 38.5 Å². The molecule has 2 aromatic carbocycles. The summed E-state index contributed by atoms with van der Waals surface area (Å²) < 4.78 is 5.83. The minimum Gasteiger partial charge on any atom is -0.480 e. The molecule has 0 spiro atoms. The Morgan fingerprint density at radius 2 is 1.34 bits per heavy atom. The predicted octanol–water partition coefficient (Wildman–Crippen LogP) is 2.42. The van der Waals surface area contributed by atoms with Gasteiger partial charge in [0.05, 0.1) is 24.0 Å². The maximum Gasteiger partial charge on any atom is 0.327 e. The van der Waals surface area contributed by atoms with Gasteiger partial charge in [0.15, 0.2) is 0 Å². The highest BCUT2D eigenvalue weighted by molar-refractivity contribution is 6.00. The van der Waals surface area contributed by atoms with E-state index in [1.807, 2.05) is 50.3 Å². The normalized spacial score (nSPS) is 25.6. The second-order valence-corrected chi connectivity index (χ2v) is 18.0. The fraction of sp³-hybridized carbons (Fsp3) is 0.471. The summed E-state index contributed by atoms with van der Waals surface area (Å²) in [4.78, 5) is 122. The number of amides is 7. The van der Waals surface area contributed by atoms with Crippen molar-refractivity contribution in [1.82, 2.24) is 36.8 Å². The molecule has 1 aliphatic heterocycles. The Morgan fingerprint density at radius 1 is 0.757 bits per heavy atom. The van der Waals surface area contributed by atoms with Crippen LogP contribution in [0.3, 0.4) is 0 Å². The molecule has 0 bridgehead atoms. The minimum absolute atomic E-state index is 0.103. The van der Waals surface area contributed by atoms with Gasteiger partial charge < -0.3 is 51.8 Å². The van der Waals surface area contributed by atoms with Gasteiger partial charge in [-0.1, -0.05) is 126 Å². The number of ether oxygens (including phenoxy) is 1. The SMILES string of the molecule is C=C1C(=O)N[C@H](C)C(=O)N[C@@H](C(C)C)C(=O)N[C@@H](C(=O)O)[C@H](C)C(=O)N[C@@H](Cc2ccccc2)C(=O)N[C@@H](/C=C/C(C)=C/[C@H](C)[C@H](Cc2ccccc2)OC)[C@H](C)C(=O)N[C@@H](C(=O)O)CCC(=O)N1C. The Bertz CT molecular complexity index is 2270. The summed E-state index contributed by atoms with van der Waals surface area (Å²) in [5.41, 5.74) is 2.00. The summed E-state index contributed by atoms with van der Waals surface area (Å²) in [5.74, 6) is -12.5. The Labute approximate surface area is 409 Å². The van der Waals surface area contributed by atoms with Crippen molar-refractivity contribution in [2.45, 2.75) is 117 Å². The van der Waals surface area contributed by atoms with E-state index in [1.54, 1.807) is 63.4 Å². The summed E-state index contributed by atoms with van der Waals surface area (Å²) >= 11 is 0. The van der Waals surface area contributed by atoms with Crippen molar-refractivity contribution in [3.63, 3.8) is 0 Å². The molecule has 2 aromatic rings. The molecule has 380 valence electrons. The van der Waals surface area contributed by atoms with Crippen LogP contribution >= 0.6 is 0 Å². The molecule has 10 atom stereocenters. The number of methoxy groups -OCH3 is 1. The minimum atomic E-state index is -1.86. The van der Waals surface area contributed by atoms with Crippen molar-refractivity contribution in [2.24, 2.45) is 23.7 Å². The smallest absolute Gasteiger partial charge is 0.327 e. The number of hydrogen-bond donors (Lipinski definition) is 8. The first-order valence-electron chi connectivity index (χ1n) is 23.2. The van der Waals surface area contributed by atoms with E-state index in [9.17, 15) is 53.4 Å². The fourth-order valence-corrected chi connectivity index (χ4v) is 7.55. The average molecular weight is 972 g/mol. The van der Waals surface area contributed by atoms with Crippen LogP contribution in [0.2, 0.25) is 0 Å². The predicted molar refractivity (Wildman–Crippen MR) is 260 cm³/mol. The maximum absolute atomic E-state index is 14.5. The molecular weight excluding hydrogens is 903 g/mol. The summed E-state index contributed by atoms with van der Waals surface area (Å²) in [6.45, 7) is 14.6. The van der Waals surface area contributed by atoms with Crippen LogP contribution in [0.15, 0.2) is 96.7 Å². The van der Waals surface area contributed by atoms with E-state index in [-0.39, 0.29) is 18.4 Å². The van der Waals surface area contributed by atoms with Crippen LogP contribution in [0.25, 0.3) is 0 Å². The number of rotatable bonds is 12. The Kier molecular flexibility index (Phi) is 22.2. The van der Waals surface area contributed by atoms with Crippen molar-refractivity contribution in [3.05, 3.63) is 108 Å². The number of aliphatic carboxylic acids is 2. The zero-order valence-corrected chi connectivity index (χ0v) is 41.3. The first-order chi connectivity index (χ1) is 32.9. The number of carboxylic acids is 2. The monoisotopic (exact) mass is 972 g/mol. The second-order valence-electron chi connectivity index (χ2n) is 18.0. The van der Waals surface area contributed by atoms with E-state index < -0.39 is 126 Å². The molecule has 19 heteroatoms. The van der Waals surface area contributed by atoms with Gasteiger partial charge >= 0.3 is 11.9 Å². The van der Waals surface area contributed by atoms with Gasteiger partial charge in [-0.3, -0.25) is 33.6 Å². The first kappa shape index (κ1) is 57.2. The zero-order valence-electron chi connectivity index (χ0n) is 41.3. The molecular formula is C51H69N7O12. The summed E-state index contributed by atoms with van der Waals surface area (Å²) in [7, 11) is 2.84. The van der Waals surface area contributed by atoms with Crippen LogP contribution in [0.4, 0.5) is 0 Å². The lowest BCUT2D eigenvalue weighted by atomic mass is 9.94. The molecule has 70 heavy (non-hydrogen) atoms. The highest BCUT2D eigenvalue weighted by atomic mass is 16.5. The van der Waals surface area contributed by atoms with Gasteiger partial charge in [-0.25, -0.2) is 9.59 Å². The topological polar surface area (TPSA) is 279 Å². The lowest BCUT2D eigenvalue weighted by molar-refractivity contribution is -0.147. The highest BCUT2D eigenvalue weighted by Gasteiger charge is 2.38. The number of hydrogen-bond acceptors (Lipinski definition) is 10. The molecule has 0 saturated carbocycles. The summed E-state index contributed by atoms with van der Waals surface area (Å²) in [6.07, 6.45) is 4.63. The number of carbonyl (C=O) groups excluding carboxylic acids is 7. The van der Waals surface area contributed by atoms with E-state index in [0.717, 1.165) is 16.0 Å². The Balaban J connectivity index is 2.13. The molecule has 7 amide bonds. The Hall–Kier alpha value is -7.15. The highest BCUT2D eigenvalue weighted by Crippen LogP contribution is 2.19. The number of benzene rings is 2. The lowest BCUT2D eigenvalue weighted by Crippen LogP contribution is -2.60. The van der Waals surface area contributed by atoms with Gasteiger partial charge in [0.25, 0.3) is 5.91 Å². The standard InChI is InChI=1S/C51H69N7O12/c1-28(2)42-49(65)57-43(51(68)69)32(6)45(61)55-39(26-35-17-13-11-14-18-35)48(64)53-37(22-21-29(3)25-30(4)40(70-10)27-36-19-15-12-16-20-36)31(5)44(60)54-38(50(66)67)23-24-41(59)58(9)34(8)47(63)52-33(7)46(62)56-42/h11-22,25,28,30-33,37-40,42-43H,8,23-24,26-27H2,1-7,9-10H3,(H,52,63)(H,53,64)(H,54,60)(H,55,61)(H,56,62)(H,57,65)(H,66,67)(H,68,69)/b22-21+,29-25+/t30-,31-,32-,33+,37-,38+,39-,40-,42-,43+/m0/s1. The van der Waals surface area contributed by atoms with E-state index in [4.69, 9.17) is 4.74 Å². The number of nitrogens with zero attached hydrogens (tertiary/aromatic N) is 1.